The van der Waals surface area contributed by atoms with Gasteiger partial charge in [-0.05, 0) is 13.8 Å². The molecule has 1 amide bonds. The first kappa shape index (κ1) is 12.3. The maximum absolute atomic E-state index is 11.1. The predicted octanol–water partition coefficient (Wildman–Crippen LogP) is 1.15. The minimum atomic E-state index is -0.586. The molecule has 5 nitrogen and oxygen atoms in total. The van der Waals surface area contributed by atoms with Crippen molar-refractivity contribution in [2.45, 2.75) is 13.8 Å². The second-order valence-corrected chi connectivity index (χ2v) is 4.17. The Bertz CT molecular complexity index is 442. The van der Waals surface area contributed by atoms with Gasteiger partial charge < -0.3 is 16.4 Å². The Morgan fingerprint density at radius 3 is 2.44 bits per heavy atom. The highest BCUT2D eigenvalue weighted by Gasteiger charge is 2.21. The standard InChI is InChI=1S/C10H14N4OS/c1-3-14(4-2)10-6(5-11)7(12)8(16-10)9(13)15/h3-4,12H2,1-2H3,(H2,13,15). The number of carbonyl (C=O) groups is 1. The second kappa shape index (κ2) is 4.86. The summed E-state index contributed by atoms with van der Waals surface area (Å²) in [4.78, 5) is 13.4. The van der Waals surface area contributed by atoms with Crippen LogP contribution < -0.4 is 16.4 Å². The number of primary amides is 1. The lowest BCUT2D eigenvalue weighted by atomic mass is 10.2. The van der Waals surface area contributed by atoms with E-state index < -0.39 is 5.91 Å². The number of hydrogen-bond donors (Lipinski definition) is 2. The lowest BCUT2D eigenvalue weighted by Gasteiger charge is -2.18. The van der Waals surface area contributed by atoms with Gasteiger partial charge in [-0.3, -0.25) is 4.79 Å². The molecule has 1 heterocycles. The summed E-state index contributed by atoms with van der Waals surface area (Å²) in [5, 5.41) is 9.75. The number of hydrogen-bond acceptors (Lipinski definition) is 5. The Labute approximate surface area is 98.3 Å². The number of nitrogen functional groups attached to an aromatic ring is 1. The monoisotopic (exact) mass is 238 g/mol. The van der Waals surface area contributed by atoms with Crippen LogP contribution in [0.4, 0.5) is 10.7 Å². The number of anilines is 2. The van der Waals surface area contributed by atoms with Crippen LogP contribution in [-0.4, -0.2) is 19.0 Å². The molecule has 1 aromatic heterocycles. The normalized spacial score (nSPS) is 9.81. The first-order chi connectivity index (χ1) is 7.56. The van der Waals surface area contributed by atoms with Crippen LogP contribution in [0, 0.1) is 11.3 Å². The van der Waals surface area contributed by atoms with Crippen molar-refractivity contribution in [3.8, 4) is 6.07 Å². The van der Waals surface area contributed by atoms with Crippen molar-refractivity contribution in [3.05, 3.63) is 10.4 Å². The summed E-state index contributed by atoms with van der Waals surface area (Å²) in [6.45, 7) is 5.46. The summed E-state index contributed by atoms with van der Waals surface area (Å²) in [5.41, 5.74) is 11.5. The maximum atomic E-state index is 11.1. The Hall–Kier alpha value is -1.74. The third kappa shape index (κ3) is 1.95. The van der Waals surface area contributed by atoms with Gasteiger partial charge in [0.05, 0.1) is 5.69 Å². The number of thiophene rings is 1. The van der Waals surface area contributed by atoms with Crippen LogP contribution in [0.15, 0.2) is 0 Å². The highest BCUT2D eigenvalue weighted by Crippen LogP contribution is 2.37. The molecule has 0 aliphatic heterocycles. The number of nitrogens with two attached hydrogens (primary N) is 2. The third-order valence-electron chi connectivity index (χ3n) is 2.31. The van der Waals surface area contributed by atoms with Crippen LogP contribution in [0.2, 0.25) is 0 Å². The average Bonchev–Trinajstić information content (AvgIpc) is 2.58. The minimum absolute atomic E-state index is 0.196. The minimum Gasteiger partial charge on any atom is -0.396 e. The summed E-state index contributed by atoms with van der Waals surface area (Å²) in [7, 11) is 0. The van der Waals surface area contributed by atoms with E-state index in [-0.39, 0.29) is 10.6 Å². The quantitative estimate of drug-likeness (QED) is 0.822. The van der Waals surface area contributed by atoms with E-state index in [1.807, 2.05) is 24.8 Å². The molecule has 6 heteroatoms. The molecular weight excluding hydrogens is 224 g/mol. The topological polar surface area (TPSA) is 96.1 Å². The number of amides is 1. The molecule has 1 rings (SSSR count). The molecule has 0 saturated heterocycles. The maximum Gasteiger partial charge on any atom is 0.261 e. The van der Waals surface area contributed by atoms with Crippen LogP contribution in [0.5, 0.6) is 0 Å². The van der Waals surface area contributed by atoms with Crippen LogP contribution >= 0.6 is 11.3 Å². The Balaban J connectivity index is 3.35. The summed E-state index contributed by atoms with van der Waals surface area (Å²) in [6.07, 6.45) is 0. The largest absolute Gasteiger partial charge is 0.396 e. The van der Waals surface area contributed by atoms with Crippen molar-refractivity contribution in [3.63, 3.8) is 0 Å². The van der Waals surface area contributed by atoms with Crippen molar-refractivity contribution in [2.75, 3.05) is 23.7 Å². The van der Waals surface area contributed by atoms with E-state index in [1.54, 1.807) is 0 Å². The first-order valence-corrected chi connectivity index (χ1v) is 5.75. The molecule has 0 unspecified atom stereocenters. The Kier molecular flexibility index (Phi) is 3.74. The van der Waals surface area contributed by atoms with E-state index in [0.29, 0.717) is 5.56 Å². The van der Waals surface area contributed by atoms with Gasteiger partial charge in [-0.1, -0.05) is 0 Å². The van der Waals surface area contributed by atoms with Gasteiger partial charge in [-0.25, -0.2) is 0 Å². The molecule has 0 radical (unpaired) electrons. The number of carbonyl (C=O) groups excluding carboxylic acids is 1. The fourth-order valence-corrected chi connectivity index (χ4v) is 2.61. The molecule has 16 heavy (non-hydrogen) atoms. The third-order valence-corrected chi connectivity index (χ3v) is 3.59. The van der Waals surface area contributed by atoms with Gasteiger partial charge in [0.1, 0.15) is 21.5 Å². The molecule has 0 spiro atoms. The SMILES string of the molecule is CCN(CC)c1sc(C(N)=O)c(N)c1C#N. The second-order valence-electron chi connectivity index (χ2n) is 3.17. The van der Waals surface area contributed by atoms with Crippen LogP contribution in [0.1, 0.15) is 29.1 Å². The van der Waals surface area contributed by atoms with Crippen molar-refractivity contribution in [1.29, 1.82) is 5.26 Å². The molecule has 0 saturated carbocycles. The zero-order valence-electron chi connectivity index (χ0n) is 9.28. The number of nitrogens with zero attached hydrogens (tertiary/aromatic N) is 2. The molecule has 1 aromatic rings. The number of rotatable bonds is 4. The van der Waals surface area contributed by atoms with Gasteiger partial charge in [-0.15, -0.1) is 11.3 Å². The smallest absolute Gasteiger partial charge is 0.261 e. The zero-order valence-corrected chi connectivity index (χ0v) is 10.1. The lowest BCUT2D eigenvalue weighted by Crippen LogP contribution is -2.21. The molecule has 0 aliphatic rings. The van der Waals surface area contributed by atoms with E-state index in [0.717, 1.165) is 18.1 Å². The van der Waals surface area contributed by atoms with E-state index in [1.165, 1.54) is 11.3 Å². The fourth-order valence-electron chi connectivity index (χ4n) is 1.46. The summed E-state index contributed by atoms with van der Waals surface area (Å²) in [6, 6.07) is 2.02. The van der Waals surface area contributed by atoms with Gasteiger partial charge in [0.2, 0.25) is 0 Å². The predicted molar refractivity (Wildman–Crippen MR) is 65.5 cm³/mol. The van der Waals surface area contributed by atoms with Crippen LogP contribution in [0.25, 0.3) is 0 Å². The molecular formula is C10H14N4OS. The van der Waals surface area contributed by atoms with Crippen molar-refractivity contribution in [2.24, 2.45) is 5.73 Å². The Morgan fingerprint density at radius 2 is 2.06 bits per heavy atom. The van der Waals surface area contributed by atoms with E-state index in [2.05, 4.69) is 0 Å². The Morgan fingerprint density at radius 1 is 1.50 bits per heavy atom. The van der Waals surface area contributed by atoms with Crippen LogP contribution in [0.3, 0.4) is 0 Å². The average molecular weight is 238 g/mol. The molecule has 0 atom stereocenters. The summed E-state index contributed by atoms with van der Waals surface area (Å²) >= 11 is 1.18. The fraction of sp³-hybridized carbons (Fsp3) is 0.400. The summed E-state index contributed by atoms with van der Waals surface area (Å²) in [5.74, 6) is -0.586. The molecule has 0 aliphatic carbocycles. The van der Waals surface area contributed by atoms with Crippen molar-refractivity contribution < 1.29 is 4.79 Å². The highest BCUT2D eigenvalue weighted by atomic mass is 32.1. The highest BCUT2D eigenvalue weighted by molar-refractivity contribution is 7.19. The van der Waals surface area contributed by atoms with Gasteiger partial charge in [0, 0.05) is 13.1 Å². The zero-order chi connectivity index (χ0) is 12.3. The first-order valence-electron chi connectivity index (χ1n) is 4.93. The molecule has 0 bridgehead atoms. The molecule has 0 aromatic carbocycles. The van der Waals surface area contributed by atoms with Crippen molar-refractivity contribution >= 4 is 27.9 Å². The van der Waals surface area contributed by atoms with Gasteiger partial charge in [-0.2, -0.15) is 5.26 Å². The van der Waals surface area contributed by atoms with E-state index in [4.69, 9.17) is 16.7 Å². The van der Waals surface area contributed by atoms with Crippen molar-refractivity contribution in [1.82, 2.24) is 0 Å². The lowest BCUT2D eigenvalue weighted by molar-refractivity contribution is 0.100. The van der Waals surface area contributed by atoms with Gasteiger partial charge in [0.25, 0.3) is 5.91 Å². The molecule has 0 fully saturated rings. The molecule has 86 valence electrons. The van der Waals surface area contributed by atoms with Gasteiger partial charge >= 0.3 is 0 Å². The van der Waals surface area contributed by atoms with E-state index >= 15 is 0 Å². The summed E-state index contributed by atoms with van der Waals surface area (Å²) < 4.78 is 0. The van der Waals surface area contributed by atoms with E-state index in [9.17, 15) is 4.79 Å². The molecule has 4 N–H and O–H groups in total. The van der Waals surface area contributed by atoms with Gasteiger partial charge in [0.15, 0.2) is 0 Å². The van der Waals surface area contributed by atoms with Crippen LogP contribution in [-0.2, 0) is 0 Å². The number of nitriles is 1.